The molecule has 0 atom stereocenters. The predicted octanol–water partition coefficient (Wildman–Crippen LogP) is 4.25. The van der Waals surface area contributed by atoms with Gasteiger partial charge in [-0.05, 0) is 56.7 Å². The lowest BCUT2D eigenvalue weighted by Crippen LogP contribution is -2.31. The molecule has 0 fully saturated rings. The SMILES string of the molecule is Cc1cc(C(=O)NC(C)C)nc(Nc2ccc(OCc3ccccc3)cc2)n1. The number of nitrogens with zero attached hydrogens (tertiary/aromatic N) is 2. The molecule has 0 aliphatic heterocycles. The third-order valence-corrected chi connectivity index (χ3v) is 3.87. The van der Waals surface area contributed by atoms with Gasteiger partial charge in [0.25, 0.3) is 5.91 Å². The summed E-state index contributed by atoms with van der Waals surface area (Å²) < 4.78 is 5.79. The van der Waals surface area contributed by atoms with Gasteiger partial charge in [-0.1, -0.05) is 30.3 Å². The minimum absolute atomic E-state index is 0.0441. The molecule has 0 aliphatic rings. The third kappa shape index (κ3) is 5.54. The predicted molar refractivity (Wildman–Crippen MR) is 110 cm³/mol. The van der Waals surface area contributed by atoms with Crippen molar-refractivity contribution >= 4 is 17.5 Å². The first-order chi connectivity index (χ1) is 13.5. The number of amides is 1. The van der Waals surface area contributed by atoms with Crippen molar-refractivity contribution in [3.05, 3.63) is 77.6 Å². The van der Waals surface area contributed by atoms with Crippen molar-refractivity contribution < 1.29 is 9.53 Å². The van der Waals surface area contributed by atoms with Crippen LogP contribution in [0.3, 0.4) is 0 Å². The van der Waals surface area contributed by atoms with Crippen LogP contribution in [0, 0.1) is 6.92 Å². The van der Waals surface area contributed by atoms with E-state index in [1.54, 1.807) is 6.07 Å². The van der Waals surface area contributed by atoms with Crippen molar-refractivity contribution in [3.63, 3.8) is 0 Å². The van der Waals surface area contributed by atoms with E-state index in [2.05, 4.69) is 20.6 Å². The molecule has 0 saturated heterocycles. The van der Waals surface area contributed by atoms with Gasteiger partial charge in [0.05, 0.1) is 0 Å². The summed E-state index contributed by atoms with van der Waals surface area (Å²) in [6.45, 7) is 6.17. The number of rotatable bonds is 7. The maximum absolute atomic E-state index is 12.2. The Morgan fingerprint density at radius 2 is 1.75 bits per heavy atom. The summed E-state index contributed by atoms with van der Waals surface area (Å²) in [6.07, 6.45) is 0. The molecule has 3 aromatic rings. The van der Waals surface area contributed by atoms with Gasteiger partial charge in [0.2, 0.25) is 5.95 Å². The lowest BCUT2D eigenvalue weighted by atomic mass is 10.2. The van der Waals surface area contributed by atoms with E-state index in [0.717, 1.165) is 17.0 Å². The Hall–Kier alpha value is -3.41. The van der Waals surface area contributed by atoms with Crippen molar-refractivity contribution in [2.24, 2.45) is 0 Å². The third-order valence-electron chi connectivity index (χ3n) is 3.87. The summed E-state index contributed by atoms with van der Waals surface area (Å²) in [7, 11) is 0. The van der Waals surface area contributed by atoms with Crippen LogP contribution < -0.4 is 15.4 Å². The number of aryl methyl sites for hydroxylation is 1. The largest absolute Gasteiger partial charge is 0.489 e. The van der Waals surface area contributed by atoms with Crippen molar-refractivity contribution in [2.45, 2.75) is 33.4 Å². The minimum atomic E-state index is -0.215. The molecule has 0 unspecified atom stereocenters. The van der Waals surface area contributed by atoms with Crippen LogP contribution >= 0.6 is 0 Å². The van der Waals surface area contributed by atoms with E-state index >= 15 is 0 Å². The fourth-order valence-electron chi connectivity index (χ4n) is 2.58. The smallest absolute Gasteiger partial charge is 0.270 e. The molecule has 1 amide bonds. The maximum Gasteiger partial charge on any atom is 0.270 e. The molecule has 1 heterocycles. The Kier molecular flexibility index (Phi) is 6.22. The highest BCUT2D eigenvalue weighted by Gasteiger charge is 2.11. The molecule has 0 spiro atoms. The Balaban J connectivity index is 1.65. The first-order valence-corrected chi connectivity index (χ1v) is 9.20. The molecule has 0 bridgehead atoms. The van der Waals surface area contributed by atoms with E-state index in [4.69, 9.17) is 4.74 Å². The Bertz CT molecular complexity index is 925. The van der Waals surface area contributed by atoms with Crippen molar-refractivity contribution in [2.75, 3.05) is 5.32 Å². The molecule has 6 heteroatoms. The van der Waals surface area contributed by atoms with E-state index < -0.39 is 0 Å². The second-order valence-electron chi connectivity index (χ2n) is 6.77. The van der Waals surface area contributed by atoms with Gasteiger partial charge in [-0.2, -0.15) is 0 Å². The minimum Gasteiger partial charge on any atom is -0.489 e. The van der Waals surface area contributed by atoms with E-state index in [9.17, 15) is 4.79 Å². The van der Waals surface area contributed by atoms with Crippen LogP contribution in [0.15, 0.2) is 60.7 Å². The summed E-state index contributed by atoms with van der Waals surface area (Å²) in [5.41, 5.74) is 2.98. The average Bonchev–Trinajstić information content (AvgIpc) is 2.67. The molecule has 144 valence electrons. The summed E-state index contributed by atoms with van der Waals surface area (Å²) in [4.78, 5) is 20.9. The highest BCUT2D eigenvalue weighted by Crippen LogP contribution is 2.19. The van der Waals surface area contributed by atoms with Gasteiger partial charge in [0, 0.05) is 17.4 Å². The standard InChI is InChI=1S/C22H24N4O2/c1-15(2)23-21(27)20-13-16(3)24-22(26-20)25-18-9-11-19(12-10-18)28-14-17-7-5-4-6-8-17/h4-13,15H,14H2,1-3H3,(H,23,27)(H,24,25,26). The second-order valence-corrected chi connectivity index (χ2v) is 6.77. The molecular formula is C22H24N4O2. The number of nitrogens with one attached hydrogen (secondary N) is 2. The number of carbonyl (C=O) groups excluding carboxylic acids is 1. The summed E-state index contributed by atoms with van der Waals surface area (Å²) in [6, 6.07) is 19.3. The second kappa shape index (κ2) is 8.99. The van der Waals surface area contributed by atoms with Crippen molar-refractivity contribution in [3.8, 4) is 5.75 Å². The van der Waals surface area contributed by atoms with Crippen LogP contribution in [-0.4, -0.2) is 21.9 Å². The van der Waals surface area contributed by atoms with E-state index in [0.29, 0.717) is 23.9 Å². The highest BCUT2D eigenvalue weighted by atomic mass is 16.5. The lowest BCUT2D eigenvalue weighted by molar-refractivity contribution is 0.0938. The molecule has 1 aromatic heterocycles. The normalized spacial score (nSPS) is 10.6. The quantitative estimate of drug-likeness (QED) is 0.645. The number of hydrogen-bond acceptors (Lipinski definition) is 5. The van der Waals surface area contributed by atoms with Gasteiger partial charge in [-0.25, -0.2) is 9.97 Å². The monoisotopic (exact) mass is 376 g/mol. The van der Waals surface area contributed by atoms with Crippen LogP contribution in [-0.2, 0) is 6.61 Å². The molecule has 2 aromatic carbocycles. The molecule has 6 nitrogen and oxygen atoms in total. The van der Waals surface area contributed by atoms with Gasteiger partial charge < -0.3 is 15.4 Å². The Labute approximate surface area is 165 Å². The fourth-order valence-corrected chi connectivity index (χ4v) is 2.58. The zero-order chi connectivity index (χ0) is 19.9. The van der Waals surface area contributed by atoms with Gasteiger partial charge >= 0.3 is 0 Å². The number of carbonyl (C=O) groups is 1. The van der Waals surface area contributed by atoms with Crippen molar-refractivity contribution in [1.82, 2.24) is 15.3 Å². The molecule has 0 saturated carbocycles. The first kappa shape index (κ1) is 19.4. The number of benzene rings is 2. The van der Waals surface area contributed by atoms with Crippen molar-refractivity contribution in [1.29, 1.82) is 0 Å². The zero-order valence-electron chi connectivity index (χ0n) is 16.3. The van der Waals surface area contributed by atoms with Crippen LogP contribution in [0.1, 0.15) is 35.6 Å². The topological polar surface area (TPSA) is 76.1 Å². The zero-order valence-corrected chi connectivity index (χ0v) is 16.3. The van der Waals surface area contributed by atoms with Gasteiger partial charge in [-0.3, -0.25) is 4.79 Å². The molecule has 2 N–H and O–H groups in total. The number of hydrogen-bond donors (Lipinski definition) is 2. The lowest BCUT2D eigenvalue weighted by Gasteiger charge is -2.11. The van der Waals surface area contributed by atoms with Gasteiger partial charge in [0.1, 0.15) is 18.1 Å². The van der Waals surface area contributed by atoms with Crippen LogP contribution in [0.5, 0.6) is 5.75 Å². The number of ether oxygens (including phenoxy) is 1. The fraction of sp³-hybridized carbons (Fsp3) is 0.227. The Morgan fingerprint density at radius 3 is 2.43 bits per heavy atom. The molecular weight excluding hydrogens is 352 g/mol. The summed E-state index contributed by atoms with van der Waals surface area (Å²) in [5.74, 6) is 0.941. The van der Waals surface area contributed by atoms with E-state index in [1.165, 1.54) is 0 Å². The first-order valence-electron chi connectivity index (χ1n) is 9.20. The van der Waals surface area contributed by atoms with E-state index in [1.807, 2.05) is 75.4 Å². The van der Waals surface area contributed by atoms with E-state index in [-0.39, 0.29) is 11.9 Å². The highest BCUT2D eigenvalue weighted by molar-refractivity contribution is 5.92. The molecule has 0 aliphatic carbocycles. The average molecular weight is 376 g/mol. The number of anilines is 2. The van der Waals surface area contributed by atoms with Gasteiger partial charge in [0.15, 0.2) is 0 Å². The summed E-state index contributed by atoms with van der Waals surface area (Å²) in [5, 5.41) is 5.98. The van der Waals surface area contributed by atoms with Crippen LogP contribution in [0.25, 0.3) is 0 Å². The van der Waals surface area contributed by atoms with Crippen LogP contribution in [0.2, 0.25) is 0 Å². The molecule has 0 radical (unpaired) electrons. The van der Waals surface area contributed by atoms with Crippen LogP contribution in [0.4, 0.5) is 11.6 Å². The molecule has 3 rings (SSSR count). The summed E-state index contributed by atoms with van der Waals surface area (Å²) >= 11 is 0. The molecule has 28 heavy (non-hydrogen) atoms. The maximum atomic E-state index is 12.2. The number of aromatic nitrogens is 2. The van der Waals surface area contributed by atoms with Gasteiger partial charge in [-0.15, -0.1) is 0 Å². The Morgan fingerprint density at radius 1 is 1.04 bits per heavy atom.